The monoisotopic (exact) mass is 280 g/mol. The number of nitrogens with zero attached hydrogens (tertiary/aromatic N) is 2. The summed E-state index contributed by atoms with van der Waals surface area (Å²) in [5.74, 6) is 0. The molecule has 3 heterocycles. The molecule has 2 saturated heterocycles. The van der Waals surface area contributed by atoms with Crippen LogP contribution in [0.3, 0.4) is 0 Å². The van der Waals surface area contributed by atoms with Gasteiger partial charge in [0.2, 0.25) is 0 Å². The topological polar surface area (TPSA) is 15.7 Å². The van der Waals surface area contributed by atoms with Gasteiger partial charge in [-0.05, 0) is 44.8 Å². The van der Waals surface area contributed by atoms with Crippen molar-refractivity contribution in [2.75, 3.05) is 33.8 Å². The molecule has 0 radical (unpaired) electrons. The third-order valence-corrected chi connectivity index (χ3v) is 5.51. The molecule has 0 aliphatic carbocycles. The molecule has 1 spiro atoms. The molecular weight excluding hydrogens is 256 g/mol. The first-order chi connectivity index (χ1) is 9.17. The Hall–Kier alpha value is -0.420. The Morgan fingerprint density at radius 3 is 2.79 bits per heavy atom. The van der Waals surface area contributed by atoms with E-state index in [1.165, 1.54) is 37.2 Å². The third kappa shape index (κ3) is 3.02. The highest BCUT2D eigenvalue weighted by molar-refractivity contribution is 7.09. The van der Waals surface area contributed by atoms with Gasteiger partial charge in [0.1, 0.15) is 0 Å². The largest absolute Gasteiger partial charge is 0.373 e. The average Bonchev–Trinajstić information content (AvgIpc) is 3.03. The van der Waals surface area contributed by atoms with Crippen molar-refractivity contribution in [3.63, 3.8) is 0 Å². The van der Waals surface area contributed by atoms with E-state index in [0.717, 1.165) is 13.2 Å². The van der Waals surface area contributed by atoms with Crippen molar-refractivity contribution in [3.8, 4) is 0 Å². The minimum Gasteiger partial charge on any atom is -0.373 e. The van der Waals surface area contributed by atoms with Gasteiger partial charge in [0.05, 0.1) is 12.2 Å². The summed E-state index contributed by atoms with van der Waals surface area (Å²) in [5, 5.41) is 2.17. The van der Waals surface area contributed by atoms with E-state index in [1.807, 2.05) is 11.3 Å². The van der Waals surface area contributed by atoms with Crippen LogP contribution in [0.2, 0.25) is 0 Å². The molecule has 2 aliphatic rings. The van der Waals surface area contributed by atoms with E-state index in [2.05, 4.69) is 41.4 Å². The Morgan fingerprint density at radius 2 is 2.21 bits per heavy atom. The van der Waals surface area contributed by atoms with Gasteiger partial charge in [0, 0.05) is 30.6 Å². The highest BCUT2D eigenvalue weighted by atomic mass is 32.1. The predicted molar refractivity (Wildman–Crippen MR) is 79.6 cm³/mol. The maximum Gasteiger partial charge on any atom is 0.0723 e. The van der Waals surface area contributed by atoms with Crippen molar-refractivity contribution in [1.82, 2.24) is 9.80 Å². The number of rotatable bonds is 3. The molecule has 0 N–H and O–H groups in total. The maximum absolute atomic E-state index is 6.17. The molecule has 3 rings (SSSR count). The Kier molecular flexibility index (Phi) is 3.94. The summed E-state index contributed by atoms with van der Waals surface area (Å²) in [6, 6.07) is 5.00. The number of hydrogen-bond acceptors (Lipinski definition) is 4. The molecule has 4 heteroatoms. The Bertz CT molecular complexity index is 396. The summed E-state index contributed by atoms with van der Waals surface area (Å²) in [7, 11) is 4.33. The quantitative estimate of drug-likeness (QED) is 0.846. The predicted octanol–water partition coefficient (Wildman–Crippen LogP) is 2.43. The highest BCUT2D eigenvalue weighted by Gasteiger charge is 2.43. The molecule has 0 saturated carbocycles. The standard InChI is InChI=1S/C15H24N2OS/c1-16(2)13-10-15(18-12-13)5-7-17(8-6-15)11-14-4-3-9-19-14/h3-4,9,13H,5-8,10-12H2,1-2H3/t13-/m0/s1. The second-order valence-corrected chi connectivity index (χ2v) is 7.20. The van der Waals surface area contributed by atoms with Crippen LogP contribution < -0.4 is 0 Å². The minimum absolute atomic E-state index is 0.181. The SMILES string of the molecule is CN(C)[C@@H]1COC2(CCN(Cc3cccs3)CC2)C1. The van der Waals surface area contributed by atoms with Crippen LogP contribution in [0.25, 0.3) is 0 Å². The van der Waals surface area contributed by atoms with E-state index in [0.29, 0.717) is 6.04 Å². The Balaban J connectivity index is 1.52. The zero-order valence-electron chi connectivity index (χ0n) is 12.0. The van der Waals surface area contributed by atoms with Gasteiger partial charge >= 0.3 is 0 Å². The molecule has 1 aromatic rings. The lowest BCUT2D eigenvalue weighted by Crippen LogP contribution is -2.44. The van der Waals surface area contributed by atoms with Crippen LogP contribution in [0.5, 0.6) is 0 Å². The molecule has 3 nitrogen and oxygen atoms in total. The second kappa shape index (κ2) is 5.52. The molecule has 0 amide bonds. The molecule has 106 valence electrons. The van der Waals surface area contributed by atoms with E-state index in [9.17, 15) is 0 Å². The Morgan fingerprint density at radius 1 is 1.42 bits per heavy atom. The summed E-state index contributed by atoms with van der Waals surface area (Å²) in [4.78, 5) is 6.37. The van der Waals surface area contributed by atoms with Crippen LogP contribution in [0.4, 0.5) is 0 Å². The van der Waals surface area contributed by atoms with Crippen LogP contribution in [0, 0.1) is 0 Å². The van der Waals surface area contributed by atoms with Crippen molar-refractivity contribution in [3.05, 3.63) is 22.4 Å². The van der Waals surface area contributed by atoms with Crippen molar-refractivity contribution in [2.24, 2.45) is 0 Å². The minimum atomic E-state index is 0.181. The fraction of sp³-hybridized carbons (Fsp3) is 0.733. The summed E-state index contributed by atoms with van der Waals surface area (Å²) in [6.45, 7) is 4.39. The number of likely N-dealkylation sites (N-methyl/N-ethyl adjacent to an activating group) is 1. The fourth-order valence-corrected chi connectivity index (χ4v) is 3.99. The summed E-state index contributed by atoms with van der Waals surface area (Å²) >= 11 is 1.87. The van der Waals surface area contributed by atoms with Crippen LogP contribution in [-0.2, 0) is 11.3 Å². The molecule has 19 heavy (non-hydrogen) atoms. The van der Waals surface area contributed by atoms with Gasteiger partial charge in [-0.25, -0.2) is 0 Å². The van der Waals surface area contributed by atoms with Gasteiger partial charge in [0.15, 0.2) is 0 Å². The molecule has 1 atom stereocenters. The first-order valence-electron chi connectivity index (χ1n) is 7.22. The lowest BCUT2D eigenvalue weighted by molar-refractivity contribution is -0.0450. The zero-order chi connectivity index (χ0) is 13.3. The average molecular weight is 280 g/mol. The van der Waals surface area contributed by atoms with Crippen LogP contribution in [-0.4, -0.2) is 55.2 Å². The molecule has 0 aromatic carbocycles. The molecule has 0 unspecified atom stereocenters. The summed E-state index contributed by atoms with van der Waals surface area (Å²) in [5.41, 5.74) is 0.181. The normalized spacial score (nSPS) is 27.4. The van der Waals surface area contributed by atoms with E-state index < -0.39 is 0 Å². The number of hydrogen-bond donors (Lipinski definition) is 0. The van der Waals surface area contributed by atoms with Crippen LogP contribution in [0.15, 0.2) is 17.5 Å². The van der Waals surface area contributed by atoms with E-state index in [4.69, 9.17) is 4.74 Å². The summed E-state index contributed by atoms with van der Waals surface area (Å²) in [6.07, 6.45) is 3.61. The lowest BCUT2D eigenvalue weighted by atomic mass is 9.87. The smallest absolute Gasteiger partial charge is 0.0723 e. The maximum atomic E-state index is 6.17. The molecule has 0 bridgehead atoms. The van der Waals surface area contributed by atoms with Crippen molar-refractivity contribution >= 4 is 11.3 Å². The molecule has 1 aromatic heterocycles. The second-order valence-electron chi connectivity index (χ2n) is 6.17. The van der Waals surface area contributed by atoms with Gasteiger partial charge < -0.3 is 9.64 Å². The van der Waals surface area contributed by atoms with Gasteiger partial charge in [-0.1, -0.05) is 6.07 Å². The fourth-order valence-electron chi connectivity index (χ4n) is 3.24. The number of thiophene rings is 1. The van der Waals surface area contributed by atoms with Crippen molar-refractivity contribution < 1.29 is 4.74 Å². The van der Waals surface area contributed by atoms with Gasteiger partial charge in [0.25, 0.3) is 0 Å². The van der Waals surface area contributed by atoms with Gasteiger partial charge in [-0.2, -0.15) is 0 Å². The van der Waals surface area contributed by atoms with Gasteiger partial charge in [-0.3, -0.25) is 4.90 Å². The first-order valence-corrected chi connectivity index (χ1v) is 8.10. The number of ether oxygens (including phenoxy) is 1. The van der Waals surface area contributed by atoms with E-state index in [-0.39, 0.29) is 5.60 Å². The molecular formula is C15H24N2OS. The Labute approximate surface area is 120 Å². The highest BCUT2D eigenvalue weighted by Crippen LogP contribution is 2.37. The first kappa shape index (κ1) is 13.6. The van der Waals surface area contributed by atoms with Crippen molar-refractivity contribution in [1.29, 1.82) is 0 Å². The lowest BCUT2D eigenvalue weighted by Gasteiger charge is -2.38. The summed E-state index contributed by atoms with van der Waals surface area (Å²) < 4.78 is 6.17. The third-order valence-electron chi connectivity index (χ3n) is 4.65. The number of piperidine rings is 1. The number of likely N-dealkylation sites (tertiary alicyclic amines) is 1. The van der Waals surface area contributed by atoms with Gasteiger partial charge in [-0.15, -0.1) is 11.3 Å². The van der Waals surface area contributed by atoms with Crippen LogP contribution in [0.1, 0.15) is 24.1 Å². The van der Waals surface area contributed by atoms with Crippen molar-refractivity contribution in [2.45, 2.75) is 37.5 Å². The zero-order valence-corrected chi connectivity index (χ0v) is 12.8. The molecule has 2 fully saturated rings. The van der Waals surface area contributed by atoms with E-state index >= 15 is 0 Å². The van der Waals surface area contributed by atoms with Crippen LogP contribution >= 0.6 is 11.3 Å². The van der Waals surface area contributed by atoms with E-state index in [1.54, 1.807) is 0 Å². The molecule has 2 aliphatic heterocycles.